The third-order valence-electron chi connectivity index (χ3n) is 4.85. The third kappa shape index (κ3) is 3.30. The van der Waals surface area contributed by atoms with Gasteiger partial charge in [0.2, 0.25) is 0 Å². The summed E-state index contributed by atoms with van der Waals surface area (Å²) in [6, 6.07) is 2.12. The molecule has 4 rings (SSSR count). The van der Waals surface area contributed by atoms with E-state index < -0.39 is 0 Å². The number of rotatable bonds is 4. The van der Waals surface area contributed by atoms with Gasteiger partial charge in [-0.25, -0.2) is 15.0 Å². The van der Waals surface area contributed by atoms with Gasteiger partial charge in [0, 0.05) is 30.5 Å². The quantitative estimate of drug-likeness (QED) is 0.852. The van der Waals surface area contributed by atoms with Gasteiger partial charge in [0.1, 0.15) is 16.6 Å². The van der Waals surface area contributed by atoms with Gasteiger partial charge in [-0.2, -0.15) is 0 Å². The summed E-state index contributed by atoms with van der Waals surface area (Å²) < 4.78 is 5.51. The molecule has 0 N–H and O–H groups in total. The van der Waals surface area contributed by atoms with Crippen LogP contribution in [0.4, 0.5) is 5.82 Å². The maximum absolute atomic E-state index is 5.51. The summed E-state index contributed by atoms with van der Waals surface area (Å²) in [7, 11) is 2.09. The van der Waals surface area contributed by atoms with Crippen LogP contribution in [0.3, 0.4) is 0 Å². The predicted octanol–water partition coefficient (Wildman–Crippen LogP) is 3.26. The van der Waals surface area contributed by atoms with Gasteiger partial charge in [-0.3, -0.25) is 0 Å². The predicted molar refractivity (Wildman–Crippen MR) is 95.8 cm³/mol. The summed E-state index contributed by atoms with van der Waals surface area (Å²) in [5, 5.41) is 1.20. The van der Waals surface area contributed by atoms with Gasteiger partial charge in [-0.05, 0) is 39.0 Å². The molecule has 1 atom stereocenters. The zero-order valence-corrected chi connectivity index (χ0v) is 15.2. The summed E-state index contributed by atoms with van der Waals surface area (Å²) in [6.45, 7) is 4.40. The lowest BCUT2D eigenvalue weighted by Crippen LogP contribution is -2.19. The fraction of sp³-hybridized carbons (Fsp3) is 0.611. The second-order valence-corrected chi connectivity index (χ2v) is 7.97. The minimum atomic E-state index is 0.408. The van der Waals surface area contributed by atoms with Crippen molar-refractivity contribution in [3.05, 3.63) is 33.2 Å². The van der Waals surface area contributed by atoms with E-state index in [0.717, 1.165) is 49.9 Å². The molecule has 1 aliphatic carbocycles. The maximum Gasteiger partial charge on any atom is 0.132 e. The molecule has 24 heavy (non-hydrogen) atoms. The molecule has 128 valence electrons. The normalized spacial score (nSPS) is 20.2. The zero-order chi connectivity index (χ0) is 16.5. The molecule has 3 heterocycles. The van der Waals surface area contributed by atoms with E-state index >= 15 is 0 Å². The van der Waals surface area contributed by atoms with Crippen molar-refractivity contribution < 1.29 is 4.74 Å². The lowest BCUT2D eigenvalue weighted by Gasteiger charge is -2.19. The van der Waals surface area contributed by atoms with Crippen molar-refractivity contribution in [3.63, 3.8) is 0 Å². The number of anilines is 1. The molecule has 0 unspecified atom stereocenters. The Balaban J connectivity index is 1.53. The van der Waals surface area contributed by atoms with Crippen LogP contribution in [0.15, 0.2) is 6.07 Å². The Bertz CT molecular complexity index is 700. The van der Waals surface area contributed by atoms with E-state index in [4.69, 9.17) is 9.72 Å². The van der Waals surface area contributed by atoms with E-state index in [9.17, 15) is 0 Å². The highest BCUT2D eigenvalue weighted by molar-refractivity contribution is 7.11. The Hall–Kier alpha value is -1.53. The molecule has 0 spiro atoms. The molecule has 2 aliphatic rings. The number of aryl methyl sites for hydroxylation is 3. The standard InChI is InChI=1S/C18H24N4OS/c1-12-19-15(13-7-8-23-11-13)9-17(20-12)22(2)10-18-21-14-5-3-4-6-16(14)24-18/h9,13H,3-8,10-11H2,1-2H3/t13-/m0/s1. The van der Waals surface area contributed by atoms with E-state index in [0.29, 0.717) is 5.92 Å². The van der Waals surface area contributed by atoms with Crippen LogP contribution >= 0.6 is 11.3 Å². The molecule has 1 saturated heterocycles. The first-order valence-corrected chi connectivity index (χ1v) is 9.62. The van der Waals surface area contributed by atoms with Crippen LogP contribution in [-0.2, 0) is 24.1 Å². The number of ether oxygens (including phenoxy) is 1. The van der Waals surface area contributed by atoms with Crippen molar-refractivity contribution in [1.29, 1.82) is 0 Å². The Labute approximate surface area is 147 Å². The first kappa shape index (κ1) is 16.0. The molecule has 1 aliphatic heterocycles. The summed E-state index contributed by atoms with van der Waals surface area (Å²) >= 11 is 1.88. The van der Waals surface area contributed by atoms with Crippen LogP contribution in [0.2, 0.25) is 0 Å². The highest BCUT2D eigenvalue weighted by Gasteiger charge is 2.21. The highest BCUT2D eigenvalue weighted by Crippen LogP contribution is 2.29. The van der Waals surface area contributed by atoms with Gasteiger partial charge in [0.25, 0.3) is 0 Å². The average molecular weight is 344 g/mol. The van der Waals surface area contributed by atoms with Crippen molar-refractivity contribution in [1.82, 2.24) is 15.0 Å². The number of thiazole rings is 1. The van der Waals surface area contributed by atoms with Crippen LogP contribution in [0, 0.1) is 6.92 Å². The van der Waals surface area contributed by atoms with Crippen LogP contribution in [0.1, 0.15) is 52.3 Å². The van der Waals surface area contributed by atoms with Crippen LogP contribution < -0.4 is 4.90 Å². The Morgan fingerprint density at radius 1 is 1.25 bits per heavy atom. The van der Waals surface area contributed by atoms with E-state index in [2.05, 4.69) is 28.0 Å². The molecule has 0 saturated carbocycles. The van der Waals surface area contributed by atoms with Gasteiger partial charge in [0.15, 0.2) is 0 Å². The second-order valence-electron chi connectivity index (χ2n) is 6.80. The molecule has 0 bridgehead atoms. The summed E-state index contributed by atoms with van der Waals surface area (Å²) in [5.41, 5.74) is 2.44. The minimum Gasteiger partial charge on any atom is -0.381 e. The molecular weight excluding hydrogens is 320 g/mol. The number of hydrogen-bond acceptors (Lipinski definition) is 6. The Kier molecular flexibility index (Phi) is 4.50. The largest absolute Gasteiger partial charge is 0.381 e. The van der Waals surface area contributed by atoms with Crippen molar-refractivity contribution in [2.24, 2.45) is 0 Å². The minimum absolute atomic E-state index is 0.408. The monoisotopic (exact) mass is 344 g/mol. The maximum atomic E-state index is 5.51. The molecule has 0 amide bonds. The molecule has 2 aromatic rings. The molecule has 0 aromatic carbocycles. The topological polar surface area (TPSA) is 51.1 Å². The molecule has 0 radical (unpaired) electrons. The van der Waals surface area contributed by atoms with Crippen molar-refractivity contribution in [2.45, 2.75) is 51.5 Å². The number of aromatic nitrogens is 3. The number of fused-ring (bicyclic) bond motifs is 1. The lowest BCUT2D eigenvalue weighted by molar-refractivity contribution is 0.193. The lowest BCUT2D eigenvalue weighted by atomic mass is 10.0. The summed E-state index contributed by atoms with van der Waals surface area (Å²) in [6.07, 6.45) is 5.99. The van der Waals surface area contributed by atoms with Crippen molar-refractivity contribution >= 4 is 17.2 Å². The van der Waals surface area contributed by atoms with Crippen molar-refractivity contribution in [2.75, 3.05) is 25.2 Å². The average Bonchev–Trinajstić information content (AvgIpc) is 3.23. The first-order chi connectivity index (χ1) is 11.7. The van der Waals surface area contributed by atoms with E-state index in [1.807, 2.05) is 18.3 Å². The highest BCUT2D eigenvalue weighted by atomic mass is 32.1. The van der Waals surface area contributed by atoms with Gasteiger partial charge < -0.3 is 9.64 Å². The van der Waals surface area contributed by atoms with Gasteiger partial charge >= 0.3 is 0 Å². The Morgan fingerprint density at radius 2 is 2.12 bits per heavy atom. The third-order valence-corrected chi connectivity index (χ3v) is 5.99. The molecule has 1 fully saturated rings. The zero-order valence-electron chi connectivity index (χ0n) is 14.4. The van der Waals surface area contributed by atoms with Gasteiger partial charge in [-0.1, -0.05) is 0 Å². The fourth-order valence-corrected chi connectivity index (χ4v) is 4.71. The molecular formula is C18H24N4OS. The fourth-order valence-electron chi connectivity index (χ4n) is 3.50. The van der Waals surface area contributed by atoms with E-state index in [-0.39, 0.29) is 0 Å². The SMILES string of the molecule is Cc1nc([C@H]2CCOC2)cc(N(C)Cc2nc3c(s2)CCCC3)n1. The van der Waals surface area contributed by atoms with Crippen LogP contribution in [0.25, 0.3) is 0 Å². The molecule has 2 aromatic heterocycles. The summed E-state index contributed by atoms with van der Waals surface area (Å²) in [5.74, 6) is 2.23. The second kappa shape index (κ2) is 6.76. The van der Waals surface area contributed by atoms with Crippen molar-refractivity contribution in [3.8, 4) is 0 Å². The van der Waals surface area contributed by atoms with Gasteiger partial charge in [-0.15, -0.1) is 11.3 Å². The Morgan fingerprint density at radius 3 is 2.92 bits per heavy atom. The molecule has 6 heteroatoms. The first-order valence-electron chi connectivity index (χ1n) is 8.81. The van der Waals surface area contributed by atoms with E-state index in [1.54, 1.807) is 0 Å². The van der Waals surface area contributed by atoms with E-state index in [1.165, 1.54) is 34.8 Å². The van der Waals surface area contributed by atoms with Crippen LogP contribution in [-0.4, -0.2) is 35.2 Å². The number of nitrogens with zero attached hydrogens (tertiary/aromatic N) is 4. The van der Waals surface area contributed by atoms with Crippen LogP contribution in [0.5, 0.6) is 0 Å². The van der Waals surface area contributed by atoms with Gasteiger partial charge in [0.05, 0.1) is 24.5 Å². The smallest absolute Gasteiger partial charge is 0.132 e. The number of hydrogen-bond donors (Lipinski definition) is 0. The molecule has 5 nitrogen and oxygen atoms in total. The summed E-state index contributed by atoms with van der Waals surface area (Å²) in [4.78, 5) is 17.8.